The molecule has 2 N–H and O–H groups in total. The molecule has 8 rings (SSSR count). The van der Waals surface area contributed by atoms with Crippen LogP contribution in [0.15, 0.2) is 60.4 Å². The minimum absolute atomic E-state index is 0.301. The number of H-pyrrole nitrogens is 2. The molecule has 7 heteroatoms. The summed E-state index contributed by atoms with van der Waals surface area (Å²) in [6.45, 7) is 6.32. The second-order valence-corrected chi connectivity index (χ2v) is 10.9. The van der Waals surface area contributed by atoms with Gasteiger partial charge in [0.25, 0.3) is 0 Å². The number of hydrogen-bond acceptors (Lipinski definition) is 5. The van der Waals surface area contributed by atoms with Crippen LogP contribution in [0.3, 0.4) is 0 Å². The highest BCUT2D eigenvalue weighted by Gasteiger charge is 2.17. The average Bonchev–Trinajstić information content (AvgIpc) is 3.66. The highest BCUT2D eigenvalue weighted by atomic mass is 32.1. The van der Waals surface area contributed by atoms with Gasteiger partial charge in [-0.1, -0.05) is 38.1 Å². The molecule has 0 aliphatic heterocycles. The minimum Gasteiger partial charge on any atom is -0.342 e. The van der Waals surface area contributed by atoms with E-state index in [1.807, 2.05) is 13.1 Å². The van der Waals surface area contributed by atoms with Gasteiger partial charge in [0.1, 0.15) is 18.0 Å². The van der Waals surface area contributed by atoms with E-state index in [0.717, 1.165) is 61.0 Å². The molecule has 4 aromatic heterocycles. The number of aryl methyl sites for hydroxylation is 1. The van der Waals surface area contributed by atoms with E-state index in [4.69, 9.17) is 9.97 Å². The number of nitrogens with zero attached hydrogens (tertiary/aromatic N) is 4. The van der Waals surface area contributed by atoms with E-state index in [0.29, 0.717) is 5.92 Å². The molecule has 0 radical (unpaired) electrons. The molecule has 0 spiro atoms. The van der Waals surface area contributed by atoms with Crippen LogP contribution in [0, 0.1) is 6.92 Å². The van der Waals surface area contributed by atoms with Crippen LogP contribution in [0.4, 0.5) is 0 Å². The summed E-state index contributed by atoms with van der Waals surface area (Å²) in [6, 6.07) is 15.6. The van der Waals surface area contributed by atoms with Crippen molar-refractivity contribution in [3.8, 4) is 11.1 Å². The van der Waals surface area contributed by atoms with Crippen molar-refractivity contribution in [2.75, 3.05) is 0 Å². The Bertz CT molecular complexity index is 2200. The zero-order valence-electron chi connectivity index (χ0n) is 20.5. The van der Waals surface area contributed by atoms with Crippen molar-refractivity contribution >= 4 is 75.9 Å². The average molecular weight is 499 g/mol. The van der Waals surface area contributed by atoms with Gasteiger partial charge in [0.15, 0.2) is 0 Å². The van der Waals surface area contributed by atoms with Crippen molar-refractivity contribution in [2.24, 2.45) is 0 Å². The van der Waals surface area contributed by atoms with Crippen molar-refractivity contribution in [3.05, 3.63) is 72.0 Å². The fourth-order valence-corrected chi connectivity index (χ4v) is 6.55. The highest BCUT2D eigenvalue weighted by Crippen LogP contribution is 2.40. The zero-order valence-corrected chi connectivity index (χ0v) is 21.4. The van der Waals surface area contributed by atoms with E-state index in [1.165, 1.54) is 26.4 Å². The van der Waals surface area contributed by atoms with E-state index in [1.54, 1.807) is 17.7 Å². The quantitative estimate of drug-likeness (QED) is 0.237. The number of aromatic amines is 2. The molecule has 0 bridgehead atoms. The SMILES string of the molecule is Cc1nc2c3ccsc3c3cc(-c4ccc5c(c4)c4cncnc4c4[nH]c(C(C)C)nc54)ccc3c2[nH]1. The molecule has 37 heavy (non-hydrogen) atoms. The molecule has 4 aromatic carbocycles. The van der Waals surface area contributed by atoms with Gasteiger partial charge in [0.2, 0.25) is 0 Å². The molecule has 0 fully saturated rings. The van der Waals surface area contributed by atoms with Gasteiger partial charge in [-0.25, -0.2) is 19.9 Å². The Morgan fingerprint density at radius 2 is 1.51 bits per heavy atom. The molecule has 0 saturated carbocycles. The Morgan fingerprint density at radius 1 is 0.730 bits per heavy atom. The van der Waals surface area contributed by atoms with Gasteiger partial charge in [-0.15, -0.1) is 11.3 Å². The zero-order chi connectivity index (χ0) is 24.8. The Morgan fingerprint density at radius 3 is 2.35 bits per heavy atom. The standard InChI is InChI=1S/C30H22N6S/c1-14(2)30-35-26-18-6-4-16(10-21(18)23-12-31-13-32-24(23)28(26)36-30)17-5-7-19-22(11-17)29-20(8-9-37-29)27-25(19)33-15(3)34-27/h4-14H,1-3H3,(H,33,34)(H,35,36). The maximum Gasteiger partial charge on any atom is 0.116 e. The number of aromatic nitrogens is 6. The molecule has 0 aliphatic rings. The van der Waals surface area contributed by atoms with Gasteiger partial charge in [-0.05, 0) is 47.0 Å². The number of thiophene rings is 1. The van der Waals surface area contributed by atoms with Crippen LogP contribution in [0.25, 0.3) is 75.7 Å². The summed E-state index contributed by atoms with van der Waals surface area (Å²) in [5, 5.41) is 9.07. The fourth-order valence-electron chi connectivity index (χ4n) is 5.63. The predicted molar refractivity (Wildman–Crippen MR) is 153 cm³/mol. The topological polar surface area (TPSA) is 83.1 Å². The first-order chi connectivity index (χ1) is 18.1. The van der Waals surface area contributed by atoms with Crippen LogP contribution in [0.2, 0.25) is 0 Å². The smallest absolute Gasteiger partial charge is 0.116 e. The summed E-state index contributed by atoms with van der Waals surface area (Å²) < 4.78 is 1.27. The highest BCUT2D eigenvalue weighted by molar-refractivity contribution is 7.18. The monoisotopic (exact) mass is 498 g/mol. The molecule has 0 amide bonds. The number of fused-ring (bicyclic) bond motifs is 12. The Labute approximate surface area is 215 Å². The van der Waals surface area contributed by atoms with Gasteiger partial charge >= 0.3 is 0 Å². The van der Waals surface area contributed by atoms with E-state index in [2.05, 4.69) is 81.6 Å². The maximum absolute atomic E-state index is 4.97. The summed E-state index contributed by atoms with van der Waals surface area (Å²) in [5.74, 6) is 2.21. The summed E-state index contributed by atoms with van der Waals surface area (Å²) in [7, 11) is 0. The van der Waals surface area contributed by atoms with Crippen molar-refractivity contribution in [1.82, 2.24) is 29.9 Å². The molecule has 6 nitrogen and oxygen atoms in total. The predicted octanol–water partition coefficient (Wildman–Crippen LogP) is 8.00. The Hall–Kier alpha value is -4.36. The molecule has 0 atom stereocenters. The third-order valence-electron chi connectivity index (χ3n) is 7.39. The van der Waals surface area contributed by atoms with Crippen LogP contribution < -0.4 is 0 Å². The van der Waals surface area contributed by atoms with Crippen LogP contribution in [0.1, 0.15) is 31.4 Å². The summed E-state index contributed by atoms with van der Waals surface area (Å²) in [5.41, 5.74) is 7.34. The molecule has 8 aromatic rings. The molecule has 0 unspecified atom stereocenters. The number of nitrogens with one attached hydrogen (secondary N) is 2. The van der Waals surface area contributed by atoms with E-state index >= 15 is 0 Å². The summed E-state index contributed by atoms with van der Waals surface area (Å²) in [6.07, 6.45) is 3.53. The van der Waals surface area contributed by atoms with Crippen molar-refractivity contribution in [3.63, 3.8) is 0 Å². The maximum atomic E-state index is 4.97. The van der Waals surface area contributed by atoms with Crippen LogP contribution >= 0.6 is 11.3 Å². The molecule has 0 aliphatic carbocycles. The molecular formula is C30H22N6S. The normalized spacial score (nSPS) is 12.4. The molecular weight excluding hydrogens is 476 g/mol. The lowest BCUT2D eigenvalue weighted by atomic mass is 9.96. The summed E-state index contributed by atoms with van der Waals surface area (Å²) >= 11 is 1.77. The van der Waals surface area contributed by atoms with Gasteiger partial charge in [0.05, 0.1) is 27.6 Å². The lowest BCUT2D eigenvalue weighted by Gasteiger charge is -2.10. The first kappa shape index (κ1) is 20.8. The first-order valence-electron chi connectivity index (χ1n) is 12.4. The number of imidazole rings is 2. The second kappa shape index (κ2) is 7.33. The van der Waals surface area contributed by atoms with Crippen LogP contribution in [-0.2, 0) is 0 Å². The number of rotatable bonds is 2. The lowest BCUT2D eigenvalue weighted by molar-refractivity contribution is 0.799. The van der Waals surface area contributed by atoms with Crippen molar-refractivity contribution < 1.29 is 0 Å². The van der Waals surface area contributed by atoms with Gasteiger partial charge in [-0.2, -0.15) is 0 Å². The Balaban J connectivity index is 1.42. The molecule has 178 valence electrons. The third kappa shape index (κ3) is 2.86. The Kier molecular flexibility index (Phi) is 4.12. The van der Waals surface area contributed by atoms with E-state index < -0.39 is 0 Å². The van der Waals surface area contributed by atoms with E-state index in [9.17, 15) is 0 Å². The number of hydrogen-bond donors (Lipinski definition) is 2. The third-order valence-corrected chi connectivity index (χ3v) is 8.34. The lowest BCUT2D eigenvalue weighted by Crippen LogP contribution is -1.88. The number of benzene rings is 4. The molecule has 0 saturated heterocycles. The summed E-state index contributed by atoms with van der Waals surface area (Å²) in [4.78, 5) is 25.8. The van der Waals surface area contributed by atoms with Crippen LogP contribution in [0.5, 0.6) is 0 Å². The fraction of sp³-hybridized carbons (Fsp3) is 0.133. The second-order valence-electron chi connectivity index (χ2n) is 10.0. The first-order valence-corrected chi connectivity index (χ1v) is 13.3. The minimum atomic E-state index is 0.301. The van der Waals surface area contributed by atoms with Crippen molar-refractivity contribution in [2.45, 2.75) is 26.7 Å². The van der Waals surface area contributed by atoms with E-state index in [-0.39, 0.29) is 0 Å². The van der Waals surface area contributed by atoms with Crippen molar-refractivity contribution in [1.29, 1.82) is 0 Å². The van der Waals surface area contributed by atoms with Gasteiger partial charge in [-0.3, -0.25) is 0 Å². The largest absolute Gasteiger partial charge is 0.342 e. The van der Waals surface area contributed by atoms with Gasteiger partial charge < -0.3 is 9.97 Å². The van der Waals surface area contributed by atoms with Gasteiger partial charge in [0, 0.05) is 43.7 Å². The van der Waals surface area contributed by atoms with Crippen LogP contribution in [-0.4, -0.2) is 29.9 Å². The molecule has 4 heterocycles.